The highest BCUT2D eigenvalue weighted by atomic mass is 16.5. The first kappa shape index (κ1) is 23.3. The van der Waals surface area contributed by atoms with E-state index in [1.54, 1.807) is 6.20 Å². The number of hydrogen-bond donors (Lipinski definition) is 0. The molecule has 8 heteroatoms. The summed E-state index contributed by atoms with van der Waals surface area (Å²) >= 11 is 0. The number of anilines is 1. The van der Waals surface area contributed by atoms with Gasteiger partial charge in [0, 0.05) is 19.0 Å². The number of rotatable bonds is 8. The standard InChI is InChI=1S/C25H34N4O4/c1-4-31-24(30)20-7-5-19(6-8-20)22-10-9-21(15-26-22)32-16-18-11-13-29(14-12-18)25-27-23(17(2)3)28-33-25/h5,9-10,15,17-18,20H,4,6-8,11-14,16H2,1-3H3. The van der Waals surface area contributed by atoms with Crippen LogP contribution in [0, 0.1) is 11.8 Å². The summed E-state index contributed by atoms with van der Waals surface area (Å²) in [5.41, 5.74) is 2.15. The Morgan fingerprint density at radius 2 is 2.06 bits per heavy atom. The number of piperidine rings is 1. The Labute approximate surface area is 195 Å². The number of ether oxygens (including phenoxy) is 2. The molecular weight excluding hydrogens is 420 g/mol. The Balaban J connectivity index is 1.22. The third-order valence-electron chi connectivity index (χ3n) is 6.41. The van der Waals surface area contributed by atoms with Crippen LogP contribution >= 0.6 is 0 Å². The van der Waals surface area contributed by atoms with Crippen LogP contribution in [0.3, 0.4) is 0 Å². The number of pyridine rings is 1. The van der Waals surface area contributed by atoms with E-state index in [4.69, 9.17) is 14.0 Å². The van der Waals surface area contributed by atoms with Crippen molar-refractivity contribution in [2.75, 3.05) is 31.2 Å². The molecule has 1 aliphatic heterocycles. The van der Waals surface area contributed by atoms with Gasteiger partial charge in [-0.1, -0.05) is 25.1 Å². The van der Waals surface area contributed by atoms with Crippen LogP contribution in [-0.4, -0.2) is 47.4 Å². The second-order valence-corrected chi connectivity index (χ2v) is 9.16. The Morgan fingerprint density at radius 3 is 2.67 bits per heavy atom. The van der Waals surface area contributed by atoms with Gasteiger partial charge in [0.1, 0.15) is 5.75 Å². The fraction of sp³-hybridized carbons (Fsp3) is 0.600. The molecule has 0 radical (unpaired) electrons. The highest BCUT2D eigenvalue weighted by Gasteiger charge is 2.25. The molecule has 1 unspecified atom stereocenters. The molecule has 2 aromatic rings. The summed E-state index contributed by atoms with van der Waals surface area (Å²) in [6.07, 6.45) is 8.34. The number of carbonyl (C=O) groups is 1. The SMILES string of the molecule is CCOC(=O)C1CC=C(c2ccc(OCC3CCN(c4nc(C(C)C)no4)CC3)cn2)CC1. The van der Waals surface area contributed by atoms with Crippen LogP contribution in [-0.2, 0) is 9.53 Å². The molecule has 8 nitrogen and oxygen atoms in total. The van der Waals surface area contributed by atoms with Crippen molar-refractivity contribution in [2.24, 2.45) is 11.8 Å². The summed E-state index contributed by atoms with van der Waals surface area (Å²) in [6, 6.07) is 4.63. The van der Waals surface area contributed by atoms with E-state index in [0.717, 1.165) is 62.5 Å². The van der Waals surface area contributed by atoms with Crippen LogP contribution in [0.1, 0.15) is 70.3 Å². The normalized spacial score (nSPS) is 19.5. The number of hydrogen-bond acceptors (Lipinski definition) is 8. The molecule has 0 saturated carbocycles. The van der Waals surface area contributed by atoms with Crippen molar-refractivity contribution in [3.05, 3.63) is 35.9 Å². The minimum absolute atomic E-state index is 0.0280. The van der Waals surface area contributed by atoms with Gasteiger partial charge in [0.05, 0.1) is 31.0 Å². The molecule has 0 spiro atoms. The number of carbonyl (C=O) groups excluding carboxylic acids is 1. The van der Waals surface area contributed by atoms with Crippen LogP contribution in [0.15, 0.2) is 28.9 Å². The highest BCUT2D eigenvalue weighted by Crippen LogP contribution is 2.31. The lowest BCUT2D eigenvalue weighted by Gasteiger charge is -2.30. The van der Waals surface area contributed by atoms with Gasteiger partial charge in [-0.2, -0.15) is 4.98 Å². The average Bonchev–Trinajstić information content (AvgIpc) is 3.35. The first-order chi connectivity index (χ1) is 16.0. The van der Waals surface area contributed by atoms with E-state index in [1.165, 1.54) is 5.57 Å². The molecule has 33 heavy (non-hydrogen) atoms. The van der Waals surface area contributed by atoms with E-state index in [2.05, 4.69) is 39.9 Å². The van der Waals surface area contributed by atoms with E-state index in [-0.39, 0.29) is 17.8 Å². The molecular formula is C25H34N4O4. The van der Waals surface area contributed by atoms with Gasteiger partial charge in [0.2, 0.25) is 0 Å². The minimum Gasteiger partial charge on any atom is -0.492 e. The van der Waals surface area contributed by atoms with Gasteiger partial charge in [0.15, 0.2) is 5.82 Å². The maximum absolute atomic E-state index is 11.9. The van der Waals surface area contributed by atoms with Crippen molar-refractivity contribution in [3.8, 4) is 5.75 Å². The van der Waals surface area contributed by atoms with Gasteiger partial charge >= 0.3 is 12.0 Å². The zero-order valence-corrected chi connectivity index (χ0v) is 19.8. The second-order valence-electron chi connectivity index (χ2n) is 9.16. The molecule has 1 aliphatic carbocycles. The lowest BCUT2D eigenvalue weighted by Crippen LogP contribution is -2.35. The maximum atomic E-state index is 11.9. The lowest BCUT2D eigenvalue weighted by atomic mass is 9.88. The number of allylic oxidation sites excluding steroid dienone is 2. The second kappa shape index (κ2) is 10.8. The van der Waals surface area contributed by atoms with Crippen molar-refractivity contribution in [1.82, 2.24) is 15.1 Å². The summed E-state index contributed by atoms with van der Waals surface area (Å²) in [5.74, 6) is 2.20. The summed E-state index contributed by atoms with van der Waals surface area (Å²) in [6.45, 7) is 8.88. The van der Waals surface area contributed by atoms with Crippen molar-refractivity contribution in [1.29, 1.82) is 0 Å². The summed E-state index contributed by atoms with van der Waals surface area (Å²) < 4.78 is 16.6. The molecule has 4 rings (SSSR count). The van der Waals surface area contributed by atoms with Crippen LogP contribution in [0.4, 0.5) is 6.01 Å². The Morgan fingerprint density at radius 1 is 1.24 bits per heavy atom. The van der Waals surface area contributed by atoms with Crippen LogP contribution < -0.4 is 9.64 Å². The van der Waals surface area contributed by atoms with E-state index in [9.17, 15) is 4.79 Å². The third-order valence-corrected chi connectivity index (χ3v) is 6.41. The summed E-state index contributed by atoms with van der Waals surface area (Å²) in [5, 5.41) is 4.06. The van der Waals surface area contributed by atoms with Gasteiger partial charge in [-0.15, -0.1) is 0 Å². The Hall–Kier alpha value is -2.90. The molecule has 3 heterocycles. The van der Waals surface area contributed by atoms with E-state index < -0.39 is 0 Å². The van der Waals surface area contributed by atoms with Gasteiger partial charge in [-0.25, -0.2) is 0 Å². The smallest absolute Gasteiger partial charge is 0.324 e. The van der Waals surface area contributed by atoms with Gasteiger partial charge in [-0.3, -0.25) is 9.78 Å². The molecule has 0 N–H and O–H groups in total. The van der Waals surface area contributed by atoms with Crippen molar-refractivity contribution in [2.45, 2.75) is 58.8 Å². The average molecular weight is 455 g/mol. The number of esters is 1. The zero-order chi connectivity index (χ0) is 23.2. The molecule has 2 aromatic heterocycles. The fourth-order valence-electron chi connectivity index (χ4n) is 4.29. The van der Waals surface area contributed by atoms with Crippen molar-refractivity contribution in [3.63, 3.8) is 0 Å². The van der Waals surface area contributed by atoms with Crippen LogP contribution in [0.2, 0.25) is 0 Å². The number of aromatic nitrogens is 3. The molecule has 0 bridgehead atoms. The molecule has 1 atom stereocenters. The van der Waals surface area contributed by atoms with Crippen molar-refractivity contribution < 1.29 is 18.8 Å². The zero-order valence-electron chi connectivity index (χ0n) is 19.8. The molecule has 0 amide bonds. The van der Waals surface area contributed by atoms with Crippen LogP contribution in [0.25, 0.3) is 5.57 Å². The Kier molecular flexibility index (Phi) is 7.62. The maximum Gasteiger partial charge on any atom is 0.324 e. The number of nitrogens with zero attached hydrogens (tertiary/aromatic N) is 4. The largest absolute Gasteiger partial charge is 0.492 e. The molecule has 0 aromatic carbocycles. The minimum atomic E-state index is -0.0901. The highest BCUT2D eigenvalue weighted by molar-refractivity contribution is 5.75. The fourth-order valence-corrected chi connectivity index (χ4v) is 4.29. The monoisotopic (exact) mass is 454 g/mol. The van der Waals surface area contributed by atoms with Gasteiger partial charge in [0.25, 0.3) is 0 Å². The topological polar surface area (TPSA) is 90.6 Å². The first-order valence-electron chi connectivity index (χ1n) is 12.1. The Bertz CT molecular complexity index is 946. The van der Waals surface area contributed by atoms with Gasteiger partial charge in [-0.05, 0) is 62.7 Å². The quantitative estimate of drug-likeness (QED) is 0.533. The third kappa shape index (κ3) is 5.92. The van der Waals surface area contributed by atoms with Crippen molar-refractivity contribution >= 4 is 17.6 Å². The van der Waals surface area contributed by atoms with E-state index in [1.807, 2.05) is 19.1 Å². The first-order valence-corrected chi connectivity index (χ1v) is 12.1. The van der Waals surface area contributed by atoms with Gasteiger partial charge < -0.3 is 18.9 Å². The molecule has 178 valence electrons. The summed E-state index contributed by atoms with van der Waals surface area (Å²) in [4.78, 5) is 23.2. The van der Waals surface area contributed by atoms with E-state index in [0.29, 0.717) is 25.1 Å². The predicted octanol–water partition coefficient (Wildman–Crippen LogP) is 4.63. The van der Waals surface area contributed by atoms with Crippen LogP contribution in [0.5, 0.6) is 5.75 Å². The van der Waals surface area contributed by atoms with E-state index >= 15 is 0 Å². The predicted molar refractivity (Wildman–Crippen MR) is 125 cm³/mol. The molecule has 1 fully saturated rings. The molecule has 2 aliphatic rings. The lowest BCUT2D eigenvalue weighted by molar-refractivity contribution is -0.148. The summed E-state index contributed by atoms with van der Waals surface area (Å²) in [7, 11) is 0. The molecule has 1 saturated heterocycles.